The minimum Gasteiger partial charge on any atom is -0.325 e. The summed E-state index contributed by atoms with van der Waals surface area (Å²) in [5, 5.41) is 2.86. The van der Waals surface area contributed by atoms with Gasteiger partial charge in [0.2, 0.25) is 15.9 Å². The molecule has 0 heterocycles. The summed E-state index contributed by atoms with van der Waals surface area (Å²) >= 11 is 0. The van der Waals surface area contributed by atoms with E-state index in [9.17, 15) is 17.6 Å². The highest BCUT2D eigenvalue weighted by molar-refractivity contribution is 7.89. The molecule has 0 saturated heterocycles. The minimum absolute atomic E-state index is 0.154. The maximum Gasteiger partial charge on any atom is 0.242 e. The molecule has 2 aromatic rings. The molecule has 1 amide bonds. The molecule has 7 heteroatoms. The van der Waals surface area contributed by atoms with E-state index in [1.807, 2.05) is 0 Å². The predicted molar refractivity (Wildman–Crippen MR) is 97.9 cm³/mol. The number of sulfonamides is 1. The summed E-state index contributed by atoms with van der Waals surface area (Å²) in [6.07, 6.45) is 2.35. The molecule has 0 aliphatic heterocycles. The van der Waals surface area contributed by atoms with E-state index in [1.54, 1.807) is 24.3 Å². The Morgan fingerprint density at radius 2 is 1.62 bits per heavy atom. The average Bonchev–Trinajstić information content (AvgIpc) is 2.56. The quantitative estimate of drug-likeness (QED) is 0.872. The van der Waals surface area contributed by atoms with Crippen molar-refractivity contribution in [3.8, 4) is 0 Å². The van der Waals surface area contributed by atoms with Crippen LogP contribution in [0.5, 0.6) is 0 Å². The van der Waals surface area contributed by atoms with Crippen molar-refractivity contribution in [2.75, 3.05) is 19.4 Å². The zero-order valence-electron chi connectivity index (χ0n) is 14.7. The van der Waals surface area contributed by atoms with E-state index in [2.05, 4.69) is 5.32 Å². The van der Waals surface area contributed by atoms with Crippen LogP contribution in [0, 0.1) is 5.82 Å². The molecule has 0 radical (unpaired) electrons. The van der Waals surface area contributed by atoms with E-state index in [0.717, 1.165) is 16.3 Å². The largest absolute Gasteiger partial charge is 0.325 e. The Balaban J connectivity index is 1.80. The molecule has 0 spiro atoms. The Kier molecular flexibility index (Phi) is 4.86. The lowest BCUT2D eigenvalue weighted by molar-refractivity contribution is -0.124. The molecule has 3 rings (SSSR count). The van der Waals surface area contributed by atoms with Crippen LogP contribution in [0.3, 0.4) is 0 Å². The van der Waals surface area contributed by atoms with Gasteiger partial charge < -0.3 is 5.32 Å². The van der Waals surface area contributed by atoms with E-state index in [0.29, 0.717) is 18.5 Å². The minimum atomic E-state index is -3.51. The van der Waals surface area contributed by atoms with Crippen LogP contribution in [0.15, 0.2) is 53.4 Å². The molecule has 0 atom stereocenters. The fraction of sp³-hybridized carbons (Fsp3) is 0.316. The molecule has 5 nitrogen and oxygen atoms in total. The number of rotatable bonds is 5. The van der Waals surface area contributed by atoms with Crippen molar-refractivity contribution in [1.82, 2.24) is 4.31 Å². The molecular weight excluding hydrogens is 355 g/mol. The summed E-state index contributed by atoms with van der Waals surface area (Å²) in [6.45, 7) is 0. The van der Waals surface area contributed by atoms with Crippen molar-refractivity contribution in [2.24, 2.45) is 0 Å². The van der Waals surface area contributed by atoms with Crippen molar-refractivity contribution in [2.45, 2.75) is 29.6 Å². The second kappa shape index (κ2) is 6.81. The average molecular weight is 376 g/mol. The first-order chi connectivity index (χ1) is 12.3. The normalized spacial score (nSPS) is 16.2. The van der Waals surface area contributed by atoms with Gasteiger partial charge in [-0.15, -0.1) is 0 Å². The first-order valence-electron chi connectivity index (χ1n) is 8.36. The van der Waals surface area contributed by atoms with Crippen molar-refractivity contribution in [3.05, 3.63) is 59.9 Å². The molecule has 0 bridgehead atoms. The summed E-state index contributed by atoms with van der Waals surface area (Å²) in [5.41, 5.74) is 0.679. The van der Waals surface area contributed by atoms with Gasteiger partial charge in [-0.3, -0.25) is 4.79 Å². The lowest BCUT2D eigenvalue weighted by Gasteiger charge is -2.40. The number of benzene rings is 2. The molecule has 0 unspecified atom stereocenters. The summed E-state index contributed by atoms with van der Waals surface area (Å²) < 4.78 is 38.5. The van der Waals surface area contributed by atoms with Crippen molar-refractivity contribution < 1.29 is 17.6 Å². The molecule has 0 aromatic heterocycles. The third-order valence-corrected chi connectivity index (χ3v) is 6.76. The number of halogens is 1. The number of amides is 1. The van der Waals surface area contributed by atoms with Crippen LogP contribution in [0.4, 0.5) is 10.1 Å². The highest BCUT2D eigenvalue weighted by Gasteiger charge is 2.45. The smallest absolute Gasteiger partial charge is 0.242 e. The second-order valence-corrected chi connectivity index (χ2v) is 8.86. The summed E-state index contributed by atoms with van der Waals surface area (Å²) in [4.78, 5) is 13.0. The molecular formula is C19H21FN2O3S. The molecule has 26 heavy (non-hydrogen) atoms. The van der Waals surface area contributed by atoms with Gasteiger partial charge in [-0.2, -0.15) is 0 Å². The van der Waals surface area contributed by atoms with Crippen molar-refractivity contribution >= 4 is 21.6 Å². The first kappa shape index (κ1) is 18.5. The van der Waals surface area contributed by atoms with Gasteiger partial charge in [0.15, 0.2) is 0 Å². The number of carbonyl (C=O) groups excluding carboxylic acids is 1. The molecule has 1 aliphatic carbocycles. The number of hydrogen-bond donors (Lipinski definition) is 1. The van der Waals surface area contributed by atoms with Crippen LogP contribution in [0.1, 0.15) is 24.8 Å². The molecule has 1 aliphatic rings. The Morgan fingerprint density at radius 3 is 2.08 bits per heavy atom. The topological polar surface area (TPSA) is 66.5 Å². The fourth-order valence-corrected chi connectivity index (χ4v) is 4.02. The fourth-order valence-electron chi connectivity index (χ4n) is 3.12. The number of nitrogens with zero attached hydrogens (tertiary/aromatic N) is 1. The van der Waals surface area contributed by atoms with Crippen LogP contribution >= 0.6 is 0 Å². The zero-order chi connectivity index (χ0) is 18.9. The second-order valence-electron chi connectivity index (χ2n) is 6.71. The molecule has 1 N–H and O–H groups in total. The van der Waals surface area contributed by atoms with Crippen LogP contribution in [-0.2, 0) is 20.2 Å². The van der Waals surface area contributed by atoms with Gasteiger partial charge in [-0.05, 0) is 54.8 Å². The van der Waals surface area contributed by atoms with Gasteiger partial charge in [0.1, 0.15) is 5.82 Å². The SMILES string of the molecule is CN(C)S(=O)(=O)c1ccc(NC(=O)C2(c3ccc(F)cc3)CCC2)cc1. The van der Waals surface area contributed by atoms with E-state index >= 15 is 0 Å². The van der Waals surface area contributed by atoms with Gasteiger partial charge >= 0.3 is 0 Å². The van der Waals surface area contributed by atoms with Crippen LogP contribution < -0.4 is 5.32 Å². The number of nitrogens with one attached hydrogen (secondary N) is 1. The number of anilines is 1. The van der Waals surface area contributed by atoms with E-state index in [1.165, 1.54) is 38.4 Å². The molecule has 1 fully saturated rings. The maximum atomic E-state index is 13.2. The molecule has 1 saturated carbocycles. The van der Waals surface area contributed by atoms with Crippen LogP contribution in [-0.4, -0.2) is 32.7 Å². The predicted octanol–water partition coefficient (Wildman–Crippen LogP) is 3.14. The van der Waals surface area contributed by atoms with Crippen molar-refractivity contribution in [1.29, 1.82) is 0 Å². The number of hydrogen-bond acceptors (Lipinski definition) is 3. The monoisotopic (exact) mass is 376 g/mol. The van der Waals surface area contributed by atoms with Crippen molar-refractivity contribution in [3.63, 3.8) is 0 Å². The van der Waals surface area contributed by atoms with Crippen LogP contribution in [0.25, 0.3) is 0 Å². The van der Waals surface area contributed by atoms with E-state index in [-0.39, 0.29) is 16.6 Å². The van der Waals surface area contributed by atoms with Gasteiger partial charge in [0.05, 0.1) is 10.3 Å². The molecule has 2 aromatic carbocycles. The van der Waals surface area contributed by atoms with Gasteiger partial charge in [0, 0.05) is 19.8 Å². The van der Waals surface area contributed by atoms with E-state index in [4.69, 9.17) is 0 Å². The van der Waals surface area contributed by atoms with Gasteiger partial charge in [-0.25, -0.2) is 17.1 Å². The summed E-state index contributed by atoms with van der Waals surface area (Å²) in [5.74, 6) is -0.486. The summed E-state index contributed by atoms with van der Waals surface area (Å²) in [7, 11) is -0.573. The third-order valence-electron chi connectivity index (χ3n) is 4.93. The van der Waals surface area contributed by atoms with E-state index < -0.39 is 15.4 Å². The van der Waals surface area contributed by atoms with Gasteiger partial charge in [-0.1, -0.05) is 18.6 Å². The Hall–Kier alpha value is -2.25. The Bertz CT molecular complexity index is 903. The highest BCUT2D eigenvalue weighted by atomic mass is 32.2. The lowest BCUT2D eigenvalue weighted by Crippen LogP contribution is -2.46. The maximum absolute atomic E-state index is 13.2. The standard InChI is InChI=1S/C19H21FN2O3S/c1-22(2)26(24,25)17-10-8-16(9-11-17)21-18(23)19(12-3-13-19)14-4-6-15(20)7-5-14/h4-11H,3,12-13H2,1-2H3,(H,21,23). The third kappa shape index (κ3) is 3.24. The summed E-state index contributed by atoms with van der Waals surface area (Å²) in [6, 6.07) is 12.1. The molecule has 138 valence electrons. The number of carbonyl (C=O) groups is 1. The highest BCUT2D eigenvalue weighted by Crippen LogP contribution is 2.44. The lowest BCUT2D eigenvalue weighted by atomic mass is 9.64. The zero-order valence-corrected chi connectivity index (χ0v) is 15.5. The van der Waals surface area contributed by atoms with Gasteiger partial charge in [0.25, 0.3) is 0 Å². The first-order valence-corrected chi connectivity index (χ1v) is 9.80. The van der Waals surface area contributed by atoms with Crippen LogP contribution in [0.2, 0.25) is 0 Å². The Morgan fingerprint density at radius 1 is 1.04 bits per heavy atom. The Labute approximate surface area is 152 Å².